The van der Waals surface area contributed by atoms with E-state index in [2.05, 4.69) is 17.9 Å². The normalized spacial score (nSPS) is 16.8. The number of rotatable bonds is 6. The summed E-state index contributed by atoms with van der Waals surface area (Å²) in [6.07, 6.45) is 2.65. The minimum Gasteiger partial charge on any atom is -0.492 e. The Bertz CT molecular complexity index is 448. The minimum atomic E-state index is 0.435. The molecule has 1 aromatic rings. The van der Waals surface area contributed by atoms with Crippen LogP contribution in [0.25, 0.3) is 0 Å². The van der Waals surface area contributed by atoms with Gasteiger partial charge in [0.2, 0.25) is 0 Å². The lowest BCUT2D eigenvalue weighted by atomic mass is 10.1. The SMILES string of the molecule is CCOC1CCN(CCOc2cccc(C#N)c2)CC1. The molecule has 0 radical (unpaired) electrons. The molecular weight excluding hydrogens is 252 g/mol. The second-order valence-corrected chi connectivity index (χ2v) is 4.98. The van der Waals surface area contributed by atoms with Gasteiger partial charge in [0.05, 0.1) is 17.7 Å². The van der Waals surface area contributed by atoms with E-state index in [1.165, 1.54) is 0 Å². The van der Waals surface area contributed by atoms with Crippen LogP contribution in [0.5, 0.6) is 5.75 Å². The van der Waals surface area contributed by atoms with Gasteiger partial charge in [-0.2, -0.15) is 5.26 Å². The molecule has 20 heavy (non-hydrogen) atoms. The molecule has 1 heterocycles. The first-order valence-electron chi connectivity index (χ1n) is 7.28. The molecule has 1 saturated heterocycles. The summed E-state index contributed by atoms with van der Waals surface area (Å²) >= 11 is 0. The van der Waals surface area contributed by atoms with Gasteiger partial charge in [0.25, 0.3) is 0 Å². The Kier molecular flexibility index (Phi) is 5.85. The fourth-order valence-electron chi connectivity index (χ4n) is 2.48. The molecule has 0 aliphatic carbocycles. The number of benzene rings is 1. The fraction of sp³-hybridized carbons (Fsp3) is 0.562. The Hall–Kier alpha value is -1.57. The summed E-state index contributed by atoms with van der Waals surface area (Å²) in [6, 6.07) is 9.42. The molecule has 1 aromatic carbocycles. The van der Waals surface area contributed by atoms with Crippen molar-refractivity contribution in [1.82, 2.24) is 4.90 Å². The Morgan fingerprint density at radius 2 is 2.15 bits per heavy atom. The Labute approximate surface area is 120 Å². The van der Waals surface area contributed by atoms with Crippen LogP contribution >= 0.6 is 0 Å². The van der Waals surface area contributed by atoms with Crippen LogP contribution in [0.2, 0.25) is 0 Å². The van der Waals surface area contributed by atoms with Crippen molar-refractivity contribution in [3.63, 3.8) is 0 Å². The first-order chi connectivity index (χ1) is 9.81. The number of piperidine rings is 1. The zero-order valence-corrected chi connectivity index (χ0v) is 12.0. The Morgan fingerprint density at radius 3 is 2.85 bits per heavy atom. The second kappa shape index (κ2) is 7.88. The van der Waals surface area contributed by atoms with Gasteiger partial charge in [-0.15, -0.1) is 0 Å². The van der Waals surface area contributed by atoms with E-state index in [1.54, 1.807) is 12.1 Å². The Morgan fingerprint density at radius 1 is 1.35 bits per heavy atom. The van der Waals surface area contributed by atoms with Crippen LogP contribution in [-0.2, 0) is 4.74 Å². The first-order valence-corrected chi connectivity index (χ1v) is 7.28. The quantitative estimate of drug-likeness (QED) is 0.799. The van der Waals surface area contributed by atoms with Crippen LogP contribution in [0.15, 0.2) is 24.3 Å². The lowest BCUT2D eigenvalue weighted by molar-refractivity contribution is 0.0119. The highest BCUT2D eigenvalue weighted by Crippen LogP contribution is 2.15. The molecule has 0 bridgehead atoms. The third-order valence-electron chi connectivity index (χ3n) is 3.58. The predicted molar refractivity (Wildman–Crippen MR) is 77.7 cm³/mol. The molecule has 1 fully saturated rings. The van der Waals surface area contributed by atoms with E-state index in [0.717, 1.165) is 44.8 Å². The third-order valence-corrected chi connectivity index (χ3v) is 3.58. The molecule has 0 saturated carbocycles. The largest absolute Gasteiger partial charge is 0.492 e. The van der Waals surface area contributed by atoms with Gasteiger partial charge in [-0.05, 0) is 38.0 Å². The van der Waals surface area contributed by atoms with E-state index in [9.17, 15) is 0 Å². The van der Waals surface area contributed by atoms with Crippen molar-refractivity contribution in [1.29, 1.82) is 5.26 Å². The maximum atomic E-state index is 8.83. The molecule has 2 rings (SSSR count). The van der Waals surface area contributed by atoms with E-state index in [0.29, 0.717) is 18.3 Å². The van der Waals surface area contributed by atoms with Gasteiger partial charge in [0, 0.05) is 26.2 Å². The van der Waals surface area contributed by atoms with E-state index in [1.807, 2.05) is 12.1 Å². The van der Waals surface area contributed by atoms with E-state index >= 15 is 0 Å². The summed E-state index contributed by atoms with van der Waals surface area (Å²) in [5, 5.41) is 8.83. The molecule has 0 atom stereocenters. The molecule has 0 unspecified atom stereocenters. The van der Waals surface area contributed by atoms with Crippen LogP contribution in [0.4, 0.5) is 0 Å². The van der Waals surface area contributed by atoms with Crippen LogP contribution in [0.3, 0.4) is 0 Å². The summed E-state index contributed by atoms with van der Waals surface area (Å²) in [6.45, 7) is 6.60. The topological polar surface area (TPSA) is 45.5 Å². The van der Waals surface area contributed by atoms with Gasteiger partial charge in [-0.1, -0.05) is 6.07 Å². The van der Waals surface area contributed by atoms with Crippen molar-refractivity contribution in [3.05, 3.63) is 29.8 Å². The summed E-state index contributed by atoms with van der Waals surface area (Å²) in [5.41, 5.74) is 0.639. The summed E-state index contributed by atoms with van der Waals surface area (Å²) < 4.78 is 11.3. The van der Waals surface area contributed by atoms with Gasteiger partial charge in [-0.3, -0.25) is 4.90 Å². The van der Waals surface area contributed by atoms with Crippen molar-refractivity contribution in [2.75, 3.05) is 32.8 Å². The maximum absolute atomic E-state index is 8.83. The number of hydrogen-bond acceptors (Lipinski definition) is 4. The molecule has 1 aliphatic rings. The van der Waals surface area contributed by atoms with Crippen molar-refractivity contribution < 1.29 is 9.47 Å². The molecule has 0 aromatic heterocycles. The average Bonchev–Trinajstić information content (AvgIpc) is 2.50. The van der Waals surface area contributed by atoms with Crippen molar-refractivity contribution in [2.45, 2.75) is 25.9 Å². The van der Waals surface area contributed by atoms with Crippen molar-refractivity contribution in [2.24, 2.45) is 0 Å². The maximum Gasteiger partial charge on any atom is 0.120 e. The zero-order valence-electron chi connectivity index (χ0n) is 12.0. The molecule has 0 amide bonds. The van der Waals surface area contributed by atoms with Crippen molar-refractivity contribution in [3.8, 4) is 11.8 Å². The molecule has 4 nitrogen and oxygen atoms in total. The van der Waals surface area contributed by atoms with Crippen LogP contribution < -0.4 is 4.74 Å². The highest BCUT2D eigenvalue weighted by Gasteiger charge is 2.18. The minimum absolute atomic E-state index is 0.435. The number of nitrogens with zero attached hydrogens (tertiary/aromatic N) is 2. The van der Waals surface area contributed by atoms with Gasteiger partial charge < -0.3 is 9.47 Å². The van der Waals surface area contributed by atoms with Crippen LogP contribution in [0.1, 0.15) is 25.3 Å². The number of ether oxygens (including phenoxy) is 2. The highest BCUT2D eigenvalue weighted by atomic mass is 16.5. The fourth-order valence-corrected chi connectivity index (χ4v) is 2.48. The van der Waals surface area contributed by atoms with Gasteiger partial charge in [0.15, 0.2) is 0 Å². The van der Waals surface area contributed by atoms with Gasteiger partial charge in [0.1, 0.15) is 12.4 Å². The van der Waals surface area contributed by atoms with Crippen LogP contribution in [0, 0.1) is 11.3 Å². The second-order valence-electron chi connectivity index (χ2n) is 4.98. The summed E-state index contributed by atoms with van der Waals surface area (Å²) in [7, 11) is 0. The number of nitriles is 1. The summed E-state index contributed by atoms with van der Waals surface area (Å²) in [4.78, 5) is 2.41. The van der Waals surface area contributed by atoms with E-state index in [4.69, 9.17) is 14.7 Å². The molecule has 108 valence electrons. The zero-order chi connectivity index (χ0) is 14.2. The number of likely N-dealkylation sites (tertiary alicyclic amines) is 1. The summed E-state index contributed by atoms with van der Waals surface area (Å²) in [5.74, 6) is 0.772. The average molecular weight is 274 g/mol. The smallest absolute Gasteiger partial charge is 0.120 e. The highest BCUT2D eigenvalue weighted by molar-refractivity contribution is 5.36. The number of hydrogen-bond donors (Lipinski definition) is 0. The first kappa shape index (κ1) is 14.8. The standard InChI is InChI=1S/C16H22N2O2/c1-2-19-15-6-8-18(9-7-15)10-11-20-16-5-3-4-14(12-16)13-17/h3-5,12,15H,2,6-11H2,1H3. The molecule has 0 N–H and O–H groups in total. The van der Waals surface area contributed by atoms with E-state index in [-0.39, 0.29) is 0 Å². The lowest BCUT2D eigenvalue weighted by Crippen LogP contribution is -2.39. The molecule has 4 heteroatoms. The Balaban J connectivity index is 1.68. The predicted octanol–water partition coefficient (Wildman–Crippen LogP) is 2.44. The van der Waals surface area contributed by atoms with Gasteiger partial charge >= 0.3 is 0 Å². The monoisotopic (exact) mass is 274 g/mol. The third kappa shape index (κ3) is 4.52. The van der Waals surface area contributed by atoms with Crippen molar-refractivity contribution >= 4 is 0 Å². The van der Waals surface area contributed by atoms with E-state index < -0.39 is 0 Å². The van der Waals surface area contributed by atoms with Gasteiger partial charge in [-0.25, -0.2) is 0 Å². The molecular formula is C16H22N2O2. The molecule has 1 aliphatic heterocycles. The molecule has 0 spiro atoms. The van der Waals surface area contributed by atoms with Crippen LogP contribution in [-0.4, -0.2) is 43.9 Å². The lowest BCUT2D eigenvalue weighted by Gasteiger charge is -2.31.